The lowest BCUT2D eigenvalue weighted by molar-refractivity contribution is -0.386. The molecule has 0 unspecified atom stereocenters. The number of para-hydroxylation sites is 1. The number of amides is 1. The molecule has 0 aliphatic carbocycles. The normalized spacial score (nSPS) is 16.2. The van der Waals surface area contributed by atoms with Crippen molar-refractivity contribution < 1.29 is 31.3 Å². The lowest BCUT2D eigenvalue weighted by Gasteiger charge is -2.32. The fourth-order valence-corrected chi connectivity index (χ4v) is 3.79. The second kappa shape index (κ2) is 7.71. The summed E-state index contributed by atoms with van der Waals surface area (Å²) >= 11 is 0. The molecule has 150 valence electrons. The van der Waals surface area contributed by atoms with E-state index in [-0.39, 0.29) is 31.2 Å². The molecule has 12 heteroatoms. The zero-order valence-electron chi connectivity index (χ0n) is 14.3. The Morgan fingerprint density at radius 3 is 2.41 bits per heavy atom. The van der Waals surface area contributed by atoms with Crippen molar-refractivity contribution in [1.82, 2.24) is 4.90 Å². The Hall–Kier alpha value is -2.37. The number of likely N-dealkylation sites (tertiary alicyclic amines) is 1. The average molecular weight is 409 g/mol. The van der Waals surface area contributed by atoms with E-state index >= 15 is 0 Å². The molecule has 1 heterocycles. The van der Waals surface area contributed by atoms with Gasteiger partial charge in [-0.25, -0.2) is 8.42 Å². The lowest BCUT2D eigenvalue weighted by atomic mass is 9.96. The summed E-state index contributed by atoms with van der Waals surface area (Å²) in [6, 6.07) is 3.88. The average Bonchev–Trinajstić information content (AvgIpc) is 2.57. The Labute approximate surface area is 153 Å². The summed E-state index contributed by atoms with van der Waals surface area (Å²) in [5.41, 5.74) is -0.540. The lowest BCUT2D eigenvalue weighted by Crippen LogP contribution is -2.46. The molecule has 0 radical (unpaired) electrons. The number of nitro benzene ring substituents is 1. The van der Waals surface area contributed by atoms with Crippen LogP contribution in [-0.2, 0) is 14.6 Å². The first-order chi connectivity index (χ1) is 12.4. The van der Waals surface area contributed by atoms with Crippen LogP contribution in [0, 0.1) is 16.0 Å². The van der Waals surface area contributed by atoms with Crippen LogP contribution in [0.4, 0.5) is 24.5 Å². The Kier molecular flexibility index (Phi) is 5.97. The van der Waals surface area contributed by atoms with Crippen LogP contribution < -0.4 is 5.32 Å². The first-order valence-electron chi connectivity index (χ1n) is 7.98. The standard InChI is InChI=1S/C15H18F3N3O5S/c1-27(25,26)12-4-2-3-11(13(12)21(23)24)19-9-10-5-7-20(8-6-10)14(22)15(16,17)18/h2-4,10,19H,5-9H2,1H3. The number of rotatable bonds is 5. The van der Waals surface area contributed by atoms with Crippen molar-refractivity contribution in [3.8, 4) is 0 Å². The smallest absolute Gasteiger partial charge is 0.379 e. The van der Waals surface area contributed by atoms with E-state index in [0.717, 1.165) is 17.2 Å². The van der Waals surface area contributed by atoms with Gasteiger partial charge in [0.25, 0.3) is 0 Å². The topological polar surface area (TPSA) is 110 Å². The van der Waals surface area contributed by atoms with Gasteiger partial charge >= 0.3 is 17.8 Å². The third-order valence-electron chi connectivity index (χ3n) is 4.31. The van der Waals surface area contributed by atoms with Crippen LogP contribution in [0.2, 0.25) is 0 Å². The number of piperidine rings is 1. The number of nitrogens with zero attached hydrogens (tertiary/aromatic N) is 2. The zero-order valence-corrected chi connectivity index (χ0v) is 15.1. The number of hydrogen-bond acceptors (Lipinski definition) is 6. The molecule has 1 saturated heterocycles. The van der Waals surface area contributed by atoms with E-state index in [4.69, 9.17) is 0 Å². The summed E-state index contributed by atoms with van der Waals surface area (Å²) in [7, 11) is -3.81. The minimum atomic E-state index is -4.90. The Morgan fingerprint density at radius 2 is 1.93 bits per heavy atom. The molecule has 0 atom stereocenters. The zero-order chi connectivity index (χ0) is 20.4. The van der Waals surface area contributed by atoms with E-state index in [9.17, 15) is 36.5 Å². The summed E-state index contributed by atoms with van der Waals surface area (Å²) in [5.74, 6) is -1.98. The van der Waals surface area contributed by atoms with Crippen molar-refractivity contribution >= 4 is 27.1 Å². The molecule has 0 bridgehead atoms. The minimum absolute atomic E-state index is 0.0247. The Balaban J connectivity index is 2.05. The van der Waals surface area contributed by atoms with E-state index in [0.29, 0.717) is 12.8 Å². The summed E-state index contributed by atoms with van der Waals surface area (Å²) in [4.78, 5) is 22.1. The number of alkyl halides is 3. The highest BCUT2D eigenvalue weighted by Gasteiger charge is 2.43. The Bertz CT molecular complexity index is 834. The number of sulfone groups is 1. The van der Waals surface area contributed by atoms with E-state index in [1.54, 1.807) is 0 Å². The fraction of sp³-hybridized carbons (Fsp3) is 0.533. The van der Waals surface area contributed by atoms with Gasteiger partial charge < -0.3 is 10.2 Å². The van der Waals surface area contributed by atoms with Crippen LogP contribution in [0.5, 0.6) is 0 Å². The summed E-state index contributed by atoms with van der Waals surface area (Å²) in [6.07, 6.45) is -3.44. The van der Waals surface area contributed by atoms with Gasteiger partial charge in [-0.15, -0.1) is 0 Å². The number of carbonyl (C=O) groups is 1. The third-order valence-corrected chi connectivity index (χ3v) is 5.43. The highest BCUT2D eigenvalue weighted by molar-refractivity contribution is 7.90. The van der Waals surface area contributed by atoms with Crippen LogP contribution in [-0.4, -0.2) is 56.2 Å². The number of hydrogen-bond donors (Lipinski definition) is 1. The predicted octanol–water partition coefficient (Wildman–Crippen LogP) is 2.21. The summed E-state index contributed by atoms with van der Waals surface area (Å²) < 4.78 is 60.8. The maximum absolute atomic E-state index is 12.4. The molecule has 8 nitrogen and oxygen atoms in total. The molecule has 1 amide bonds. The first kappa shape index (κ1) is 20.9. The second-order valence-electron chi connectivity index (χ2n) is 6.30. The molecule has 1 aromatic rings. The highest BCUT2D eigenvalue weighted by atomic mass is 32.2. The molecule has 1 aromatic carbocycles. The van der Waals surface area contributed by atoms with E-state index < -0.39 is 37.4 Å². The molecule has 2 rings (SSSR count). The quantitative estimate of drug-likeness (QED) is 0.590. The maximum atomic E-state index is 12.4. The monoisotopic (exact) mass is 409 g/mol. The van der Waals surface area contributed by atoms with Crippen molar-refractivity contribution in [3.05, 3.63) is 28.3 Å². The van der Waals surface area contributed by atoms with Gasteiger partial charge in [0.1, 0.15) is 10.6 Å². The van der Waals surface area contributed by atoms with Crippen LogP contribution in [0.25, 0.3) is 0 Å². The van der Waals surface area contributed by atoms with Gasteiger partial charge in [-0.1, -0.05) is 6.07 Å². The van der Waals surface area contributed by atoms with Gasteiger partial charge in [-0.2, -0.15) is 13.2 Å². The number of halogens is 3. The maximum Gasteiger partial charge on any atom is 0.471 e. The van der Waals surface area contributed by atoms with Crippen LogP contribution in [0.15, 0.2) is 23.1 Å². The number of carbonyl (C=O) groups excluding carboxylic acids is 1. The van der Waals surface area contributed by atoms with Gasteiger partial charge in [0.05, 0.1) is 4.92 Å². The van der Waals surface area contributed by atoms with Crippen molar-refractivity contribution in [2.45, 2.75) is 23.9 Å². The van der Waals surface area contributed by atoms with Crippen molar-refractivity contribution in [2.75, 3.05) is 31.2 Å². The molecule has 0 spiro atoms. The van der Waals surface area contributed by atoms with Crippen molar-refractivity contribution in [2.24, 2.45) is 5.92 Å². The van der Waals surface area contributed by atoms with Gasteiger partial charge in [-0.3, -0.25) is 14.9 Å². The van der Waals surface area contributed by atoms with Gasteiger partial charge in [0.15, 0.2) is 9.84 Å². The molecule has 0 saturated carbocycles. The SMILES string of the molecule is CS(=O)(=O)c1cccc(NCC2CCN(C(=O)C(F)(F)F)CC2)c1[N+](=O)[O-]. The van der Waals surface area contributed by atoms with Crippen LogP contribution in [0.3, 0.4) is 0 Å². The summed E-state index contributed by atoms with van der Waals surface area (Å²) in [5, 5.41) is 14.1. The number of anilines is 1. The number of nitro groups is 1. The predicted molar refractivity (Wildman–Crippen MR) is 90.1 cm³/mol. The molecule has 1 fully saturated rings. The molecule has 27 heavy (non-hydrogen) atoms. The van der Waals surface area contributed by atoms with Crippen LogP contribution in [0.1, 0.15) is 12.8 Å². The van der Waals surface area contributed by atoms with E-state index in [2.05, 4.69) is 5.32 Å². The highest BCUT2D eigenvalue weighted by Crippen LogP contribution is 2.32. The van der Waals surface area contributed by atoms with Crippen LogP contribution >= 0.6 is 0 Å². The number of nitrogens with one attached hydrogen (secondary N) is 1. The largest absolute Gasteiger partial charge is 0.471 e. The second-order valence-corrected chi connectivity index (χ2v) is 8.28. The third kappa shape index (κ3) is 5.08. The van der Waals surface area contributed by atoms with Crippen molar-refractivity contribution in [3.63, 3.8) is 0 Å². The fourth-order valence-electron chi connectivity index (χ4n) is 2.93. The Morgan fingerprint density at radius 1 is 1.33 bits per heavy atom. The van der Waals surface area contributed by atoms with Gasteiger partial charge in [0.2, 0.25) is 0 Å². The van der Waals surface area contributed by atoms with E-state index in [1.807, 2.05) is 0 Å². The number of benzene rings is 1. The van der Waals surface area contributed by atoms with Crippen molar-refractivity contribution in [1.29, 1.82) is 0 Å². The molecule has 1 aliphatic heterocycles. The first-order valence-corrected chi connectivity index (χ1v) is 9.88. The van der Waals surface area contributed by atoms with Gasteiger partial charge in [0, 0.05) is 25.9 Å². The van der Waals surface area contributed by atoms with Gasteiger partial charge in [-0.05, 0) is 30.9 Å². The minimum Gasteiger partial charge on any atom is -0.379 e. The van der Waals surface area contributed by atoms with E-state index in [1.165, 1.54) is 12.1 Å². The summed E-state index contributed by atoms with van der Waals surface area (Å²) in [6.45, 7) is 0.0917. The molecular formula is C15H18F3N3O5S. The molecule has 1 N–H and O–H groups in total. The molecular weight excluding hydrogens is 391 g/mol. The molecule has 1 aliphatic rings. The molecule has 0 aromatic heterocycles.